The van der Waals surface area contributed by atoms with Crippen molar-refractivity contribution in [3.63, 3.8) is 0 Å². The number of anilines is 1. The van der Waals surface area contributed by atoms with E-state index in [1.54, 1.807) is 63.8 Å². The van der Waals surface area contributed by atoms with E-state index in [1.165, 1.54) is 0 Å². The van der Waals surface area contributed by atoms with Crippen molar-refractivity contribution in [1.29, 1.82) is 0 Å². The molecule has 0 saturated carbocycles. The van der Waals surface area contributed by atoms with Crippen LogP contribution in [0.5, 0.6) is 17.2 Å². The highest BCUT2D eigenvalue weighted by Gasteiger charge is 2.10. The highest BCUT2D eigenvalue weighted by molar-refractivity contribution is 7.80. The average molecular weight is 390 g/mol. The van der Waals surface area contributed by atoms with Crippen LogP contribution in [0.4, 0.5) is 5.69 Å². The first-order chi connectivity index (χ1) is 13.1. The standard InChI is InChI=1S/C19H22N2O5S/c1-23-10-11-26-15-7-4-13(5-8-15)18(22)21-19(27)20-14-6-9-16(24-2)17(12-14)25-3/h4-9,12H,10-11H2,1-3H3,(H2,20,21,22,27). The van der Waals surface area contributed by atoms with Gasteiger partial charge in [-0.1, -0.05) is 0 Å². The van der Waals surface area contributed by atoms with E-state index < -0.39 is 0 Å². The highest BCUT2D eigenvalue weighted by Crippen LogP contribution is 2.29. The van der Waals surface area contributed by atoms with Gasteiger partial charge < -0.3 is 24.3 Å². The van der Waals surface area contributed by atoms with Crippen molar-refractivity contribution < 1.29 is 23.7 Å². The Morgan fingerprint density at radius 2 is 1.67 bits per heavy atom. The number of hydrogen-bond donors (Lipinski definition) is 2. The second kappa shape index (κ2) is 10.3. The number of nitrogens with one attached hydrogen (secondary N) is 2. The Balaban J connectivity index is 1.92. The summed E-state index contributed by atoms with van der Waals surface area (Å²) >= 11 is 5.20. The van der Waals surface area contributed by atoms with Crippen LogP contribution >= 0.6 is 12.2 Å². The van der Waals surface area contributed by atoms with E-state index in [0.717, 1.165) is 0 Å². The van der Waals surface area contributed by atoms with Crippen LogP contribution in [-0.2, 0) is 4.74 Å². The van der Waals surface area contributed by atoms with Gasteiger partial charge in [-0.05, 0) is 48.6 Å². The summed E-state index contributed by atoms with van der Waals surface area (Å²) in [6.07, 6.45) is 0. The van der Waals surface area contributed by atoms with Gasteiger partial charge in [-0.25, -0.2) is 0 Å². The normalized spacial score (nSPS) is 10.0. The first kappa shape index (κ1) is 20.5. The molecule has 7 nitrogen and oxygen atoms in total. The maximum Gasteiger partial charge on any atom is 0.257 e. The van der Waals surface area contributed by atoms with Crippen LogP contribution in [0.15, 0.2) is 42.5 Å². The lowest BCUT2D eigenvalue weighted by Crippen LogP contribution is -2.34. The molecule has 0 fully saturated rings. The van der Waals surface area contributed by atoms with Gasteiger partial charge in [0.1, 0.15) is 12.4 Å². The minimum atomic E-state index is -0.323. The smallest absolute Gasteiger partial charge is 0.257 e. The van der Waals surface area contributed by atoms with Crippen molar-refractivity contribution in [1.82, 2.24) is 5.32 Å². The van der Waals surface area contributed by atoms with Gasteiger partial charge in [0.15, 0.2) is 16.6 Å². The van der Waals surface area contributed by atoms with Crippen LogP contribution in [0, 0.1) is 0 Å². The molecule has 0 spiro atoms. The molecule has 0 saturated heterocycles. The summed E-state index contributed by atoms with van der Waals surface area (Å²) in [4.78, 5) is 12.3. The van der Waals surface area contributed by atoms with Crippen LogP contribution < -0.4 is 24.8 Å². The fourth-order valence-corrected chi connectivity index (χ4v) is 2.41. The fraction of sp³-hybridized carbons (Fsp3) is 0.263. The Labute approximate surface area is 163 Å². The summed E-state index contributed by atoms with van der Waals surface area (Å²) in [6, 6.07) is 12.0. The van der Waals surface area contributed by atoms with Crippen molar-refractivity contribution in [2.75, 3.05) is 39.9 Å². The van der Waals surface area contributed by atoms with Crippen molar-refractivity contribution >= 4 is 28.9 Å². The molecule has 2 aromatic carbocycles. The van der Waals surface area contributed by atoms with E-state index in [0.29, 0.717) is 41.7 Å². The van der Waals surface area contributed by atoms with Gasteiger partial charge in [-0.2, -0.15) is 0 Å². The Bertz CT molecular complexity index is 780. The predicted molar refractivity (Wildman–Crippen MR) is 107 cm³/mol. The topological polar surface area (TPSA) is 78.1 Å². The van der Waals surface area contributed by atoms with E-state index in [2.05, 4.69) is 10.6 Å². The number of methoxy groups -OCH3 is 3. The lowest BCUT2D eigenvalue weighted by Gasteiger charge is -2.13. The molecule has 27 heavy (non-hydrogen) atoms. The van der Waals surface area contributed by atoms with E-state index in [1.807, 2.05) is 0 Å². The van der Waals surface area contributed by atoms with Gasteiger partial charge in [0.05, 0.1) is 20.8 Å². The van der Waals surface area contributed by atoms with Crippen LogP contribution in [0.25, 0.3) is 0 Å². The van der Waals surface area contributed by atoms with Crippen LogP contribution in [-0.4, -0.2) is 45.6 Å². The van der Waals surface area contributed by atoms with Gasteiger partial charge in [0.2, 0.25) is 0 Å². The number of hydrogen-bond acceptors (Lipinski definition) is 6. The number of amides is 1. The maximum absolute atomic E-state index is 12.3. The molecule has 2 rings (SSSR count). The minimum Gasteiger partial charge on any atom is -0.493 e. The lowest BCUT2D eigenvalue weighted by atomic mass is 10.2. The molecule has 0 bridgehead atoms. The third-order valence-corrected chi connectivity index (χ3v) is 3.75. The molecule has 0 aromatic heterocycles. The van der Waals surface area contributed by atoms with Crippen molar-refractivity contribution in [3.05, 3.63) is 48.0 Å². The van der Waals surface area contributed by atoms with Gasteiger partial charge >= 0.3 is 0 Å². The molecule has 144 valence electrons. The van der Waals surface area contributed by atoms with Gasteiger partial charge in [0.25, 0.3) is 5.91 Å². The molecular formula is C19H22N2O5S. The van der Waals surface area contributed by atoms with Gasteiger partial charge in [-0.15, -0.1) is 0 Å². The summed E-state index contributed by atoms with van der Waals surface area (Å²) in [5.74, 6) is 1.50. The van der Waals surface area contributed by atoms with Gasteiger partial charge in [0, 0.05) is 24.4 Å². The minimum absolute atomic E-state index is 0.174. The van der Waals surface area contributed by atoms with E-state index in [4.69, 9.17) is 31.2 Å². The van der Waals surface area contributed by atoms with E-state index in [-0.39, 0.29) is 11.0 Å². The highest BCUT2D eigenvalue weighted by atomic mass is 32.1. The van der Waals surface area contributed by atoms with Crippen LogP contribution in [0.2, 0.25) is 0 Å². The molecule has 2 aromatic rings. The molecule has 1 amide bonds. The summed E-state index contributed by atoms with van der Waals surface area (Å²) in [5, 5.41) is 5.74. The van der Waals surface area contributed by atoms with Crippen LogP contribution in [0.1, 0.15) is 10.4 Å². The Hall–Kier alpha value is -2.84. The molecular weight excluding hydrogens is 368 g/mol. The SMILES string of the molecule is COCCOc1ccc(C(=O)NC(=S)Nc2ccc(OC)c(OC)c2)cc1. The Morgan fingerprint density at radius 1 is 0.963 bits per heavy atom. The number of ether oxygens (including phenoxy) is 4. The maximum atomic E-state index is 12.3. The Kier molecular flexibility index (Phi) is 7.84. The van der Waals surface area contributed by atoms with Crippen LogP contribution in [0.3, 0.4) is 0 Å². The molecule has 0 aliphatic heterocycles. The van der Waals surface area contributed by atoms with E-state index >= 15 is 0 Å². The number of carbonyl (C=O) groups excluding carboxylic acids is 1. The van der Waals surface area contributed by atoms with Gasteiger partial charge in [-0.3, -0.25) is 10.1 Å². The summed E-state index contributed by atoms with van der Waals surface area (Å²) in [7, 11) is 4.71. The molecule has 0 unspecified atom stereocenters. The molecule has 0 aliphatic carbocycles. The number of benzene rings is 2. The zero-order valence-electron chi connectivity index (χ0n) is 15.4. The number of rotatable bonds is 8. The quantitative estimate of drug-likeness (QED) is 0.530. The predicted octanol–water partition coefficient (Wildman–Crippen LogP) is 2.86. The zero-order valence-corrected chi connectivity index (χ0v) is 16.2. The number of thiocarbonyl (C=S) groups is 1. The number of carbonyl (C=O) groups is 1. The summed E-state index contributed by atoms with van der Waals surface area (Å²) < 4.78 is 20.8. The second-order valence-electron chi connectivity index (χ2n) is 5.34. The molecule has 0 aliphatic rings. The lowest BCUT2D eigenvalue weighted by molar-refractivity contribution is 0.0977. The zero-order chi connectivity index (χ0) is 19.6. The average Bonchev–Trinajstić information content (AvgIpc) is 2.68. The summed E-state index contributed by atoms with van der Waals surface area (Å²) in [6.45, 7) is 0.944. The van der Waals surface area contributed by atoms with Crippen molar-refractivity contribution in [3.8, 4) is 17.2 Å². The van der Waals surface area contributed by atoms with E-state index in [9.17, 15) is 4.79 Å². The first-order valence-corrected chi connectivity index (χ1v) is 8.54. The molecule has 8 heteroatoms. The largest absolute Gasteiger partial charge is 0.493 e. The molecule has 0 atom stereocenters. The molecule has 0 radical (unpaired) electrons. The van der Waals surface area contributed by atoms with Crippen molar-refractivity contribution in [2.45, 2.75) is 0 Å². The monoisotopic (exact) mass is 390 g/mol. The summed E-state index contributed by atoms with van der Waals surface area (Å²) in [5.41, 5.74) is 1.13. The second-order valence-corrected chi connectivity index (χ2v) is 5.75. The fourth-order valence-electron chi connectivity index (χ4n) is 2.20. The first-order valence-electron chi connectivity index (χ1n) is 8.13. The Morgan fingerprint density at radius 3 is 2.30 bits per heavy atom. The molecule has 0 heterocycles. The third-order valence-electron chi connectivity index (χ3n) is 3.54. The molecule has 2 N–H and O–H groups in total. The van der Waals surface area contributed by atoms with Crippen molar-refractivity contribution in [2.24, 2.45) is 0 Å². The third kappa shape index (κ3) is 6.12.